The molecule has 8 nitrogen and oxygen atoms in total. The Bertz CT molecular complexity index is 801. The van der Waals surface area contributed by atoms with Crippen LogP contribution < -0.4 is 9.47 Å². The molecule has 0 aliphatic carbocycles. The van der Waals surface area contributed by atoms with Crippen molar-refractivity contribution >= 4 is 11.9 Å². The van der Waals surface area contributed by atoms with Crippen LogP contribution in [0.4, 0.5) is 5.69 Å². The Morgan fingerprint density at radius 2 is 1.93 bits per heavy atom. The van der Waals surface area contributed by atoms with Crippen LogP contribution in [-0.2, 0) is 11.3 Å². The molecule has 0 N–H and O–H groups in total. The lowest BCUT2D eigenvalue weighted by Crippen LogP contribution is -2.32. The largest absolute Gasteiger partial charge is 0.493 e. The highest BCUT2D eigenvalue weighted by atomic mass is 16.6. The number of methoxy groups -OCH3 is 1. The molecule has 0 aromatic heterocycles. The number of non-ortho nitro benzene ring substituents is 1. The summed E-state index contributed by atoms with van der Waals surface area (Å²) in [7, 11) is 1.58. The summed E-state index contributed by atoms with van der Waals surface area (Å²) >= 11 is 0. The summed E-state index contributed by atoms with van der Waals surface area (Å²) in [5.41, 5.74) is 1.79. The number of hydrogen-bond acceptors (Lipinski definition) is 7. The van der Waals surface area contributed by atoms with Gasteiger partial charge in [0.2, 0.25) is 0 Å². The number of nitro groups is 1. The molecule has 27 heavy (non-hydrogen) atoms. The average molecular weight is 371 g/mol. The first kappa shape index (κ1) is 18.7. The van der Waals surface area contributed by atoms with Gasteiger partial charge in [-0.25, -0.2) is 0 Å². The second-order valence-corrected chi connectivity index (χ2v) is 5.93. The zero-order chi connectivity index (χ0) is 19.1. The maximum Gasteiger partial charge on any atom is 0.269 e. The van der Waals surface area contributed by atoms with Crippen LogP contribution in [0.25, 0.3) is 0 Å². The normalized spacial score (nSPS) is 14.3. The average Bonchev–Trinajstić information content (AvgIpc) is 2.72. The molecule has 1 heterocycles. The lowest BCUT2D eigenvalue weighted by atomic mass is 10.2. The molecule has 0 spiro atoms. The van der Waals surface area contributed by atoms with Crippen LogP contribution in [-0.4, -0.2) is 49.6 Å². The van der Waals surface area contributed by atoms with Gasteiger partial charge in [-0.2, -0.15) is 5.10 Å². The molecule has 1 fully saturated rings. The van der Waals surface area contributed by atoms with E-state index in [0.717, 1.165) is 24.2 Å². The highest BCUT2D eigenvalue weighted by molar-refractivity contribution is 5.80. The molecule has 3 rings (SSSR count). The lowest BCUT2D eigenvalue weighted by Gasteiger charge is -2.23. The SMILES string of the molecule is COc1cc(/C=N\N2CCOCC2)ccc1OCc1ccc([N+](=O)[O-])cc1. The maximum absolute atomic E-state index is 10.7. The summed E-state index contributed by atoms with van der Waals surface area (Å²) in [5, 5.41) is 17.1. The fourth-order valence-corrected chi connectivity index (χ4v) is 2.58. The van der Waals surface area contributed by atoms with E-state index in [1.54, 1.807) is 25.5 Å². The number of nitrogens with zero attached hydrogens (tertiary/aromatic N) is 3. The predicted octanol–water partition coefficient (Wildman–Crippen LogP) is 2.85. The summed E-state index contributed by atoms with van der Waals surface area (Å²) in [5.74, 6) is 1.20. The molecule has 1 aliphatic rings. The second-order valence-electron chi connectivity index (χ2n) is 5.93. The van der Waals surface area contributed by atoms with Crippen LogP contribution >= 0.6 is 0 Å². The standard InChI is InChI=1S/C19H21N3O5/c1-25-19-12-16(13-20-21-8-10-26-11-9-21)4-7-18(19)27-14-15-2-5-17(6-3-15)22(23)24/h2-7,12-13H,8-11,14H2,1H3/b20-13-. The third-order valence-electron chi connectivity index (χ3n) is 4.09. The molecule has 8 heteroatoms. The smallest absolute Gasteiger partial charge is 0.269 e. The fraction of sp³-hybridized carbons (Fsp3) is 0.316. The molecule has 0 amide bonds. The van der Waals surface area contributed by atoms with Crippen LogP contribution in [0.2, 0.25) is 0 Å². The highest BCUT2D eigenvalue weighted by Gasteiger charge is 2.09. The first-order chi connectivity index (χ1) is 13.2. The van der Waals surface area contributed by atoms with Crippen LogP contribution in [0.5, 0.6) is 11.5 Å². The predicted molar refractivity (Wildman–Crippen MR) is 100 cm³/mol. The summed E-state index contributed by atoms with van der Waals surface area (Å²) in [4.78, 5) is 10.3. The van der Waals surface area contributed by atoms with Crippen molar-refractivity contribution in [2.75, 3.05) is 33.4 Å². The van der Waals surface area contributed by atoms with Crippen molar-refractivity contribution in [2.45, 2.75) is 6.61 Å². The monoisotopic (exact) mass is 371 g/mol. The van der Waals surface area contributed by atoms with Gasteiger partial charge in [0.15, 0.2) is 11.5 Å². The number of nitro benzene ring substituents is 1. The van der Waals surface area contributed by atoms with E-state index in [0.29, 0.717) is 24.7 Å². The number of hydrogen-bond donors (Lipinski definition) is 0. The highest BCUT2D eigenvalue weighted by Crippen LogP contribution is 2.28. The Kier molecular flexibility index (Phi) is 6.22. The van der Waals surface area contributed by atoms with E-state index in [1.807, 2.05) is 23.2 Å². The van der Waals surface area contributed by atoms with Crippen LogP contribution in [0.3, 0.4) is 0 Å². The Hall–Kier alpha value is -3.13. The molecular weight excluding hydrogens is 350 g/mol. The quantitative estimate of drug-likeness (QED) is 0.423. The van der Waals surface area contributed by atoms with E-state index >= 15 is 0 Å². The van der Waals surface area contributed by atoms with Gasteiger partial charge in [-0.05, 0) is 41.5 Å². The second kappa shape index (κ2) is 9.00. The Labute approximate surface area is 157 Å². The summed E-state index contributed by atoms with van der Waals surface area (Å²) in [6.07, 6.45) is 1.79. The maximum atomic E-state index is 10.7. The van der Waals surface area contributed by atoms with Gasteiger partial charge in [-0.3, -0.25) is 15.1 Å². The number of benzene rings is 2. The number of ether oxygens (including phenoxy) is 3. The van der Waals surface area contributed by atoms with Crippen LogP contribution in [0, 0.1) is 10.1 Å². The first-order valence-electron chi connectivity index (χ1n) is 8.56. The van der Waals surface area contributed by atoms with Gasteiger partial charge >= 0.3 is 0 Å². The summed E-state index contributed by atoms with van der Waals surface area (Å²) in [6.45, 7) is 3.23. The van der Waals surface area contributed by atoms with E-state index in [9.17, 15) is 10.1 Å². The number of morpholine rings is 1. The van der Waals surface area contributed by atoms with Crippen molar-refractivity contribution in [3.05, 3.63) is 63.7 Å². The number of hydrazone groups is 1. The lowest BCUT2D eigenvalue weighted by molar-refractivity contribution is -0.384. The Morgan fingerprint density at radius 1 is 1.19 bits per heavy atom. The minimum Gasteiger partial charge on any atom is -0.493 e. The minimum atomic E-state index is -0.426. The summed E-state index contributed by atoms with van der Waals surface area (Å²) < 4.78 is 16.5. The van der Waals surface area contributed by atoms with Crippen molar-refractivity contribution in [3.63, 3.8) is 0 Å². The molecule has 2 aromatic rings. The van der Waals surface area contributed by atoms with Crippen molar-refractivity contribution in [1.29, 1.82) is 0 Å². The minimum absolute atomic E-state index is 0.0558. The summed E-state index contributed by atoms with van der Waals surface area (Å²) in [6, 6.07) is 11.8. The molecule has 2 aromatic carbocycles. The van der Waals surface area contributed by atoms with Gasteiger partial charge in [-0.1, -0.05) is 0 Å². The Balaban J connectivity index is 1.63. The van der Waals surface area contributed by atoms with Crippen molar-refractivity contribution < 1.29 is 19.1 Å². The van der Waals surface area contributed by atoms with Gasteiger partial charge in [-0.15, -0.1) is 0 Å². The molecular formula is C19H21N3O5. The molecule has 0 saturated carbocycles. The van der Waals surface area contributed by atoms with Gasteiger partial charge < -0.3 is 14.2 Å². The topological polar surface area (TPSA) is 86.4 Å². The fourth-order valence-electron chi connectivity index (χ4n) is 2.58. The first-order valence-corrected chi connectivity index (χ1v) is 8.56. The molecule has 0 bridgehead atoms. The Morgan fingerprint density at radius 3 is 2.59 bits per heavy atom. The van der Waals surface area contributed by atoms with E-state index in [4.69, 9.17) is 14.2 Å². The van der Waals surface area contributed by atoms with E-state index in [2.05, 4.69) is 5.10 Å². The molecule has 0 atom stereocenters. The van der Waals surface area contributed by atoms with Gasteiger partial charge in [0, 0.05) is 12.1 Å². The van der Waals surface area contributed by atoms with Crippen LogP contribution in [0.15, 0.2) is 47.6 Å². The van der Waals surface area contributed by atoms with Gasteiger partial charge in [0.1, 0.15) is 6.61 Å². The van der Waals surface area contributed by atoms with Crippen molar-refractivity contribution in [2.24, 2.45) is 5.10 Å². The third kappa shape index (κ3) is 5.18. The van der Waals surface area contributed by atoms with E-state index < -0.39 is 4.92 Å². The van der Waals surface area contributed by atoms with Gasteiger partial charge in [0.25, 0.3) is 5.69 Å². The van der Waals surface area contributed by atoms with Gasteiger partial charge in [0.05, 0.1) is 44.6 Å². The van der Waals surface area contributed by atoms with Crippen molar-refractivity contribution in [1.82, 2.24) is 5.01 Å². The third-order valence-corrected chi connectivity index (χ3v) is 4.09. The van der Waals surface area contributed by atoms with Crippen LogP contribution in [0.1, 0.15) is 11.1 Å². The molecule has 0 unspecified atom stereocenters. The molecule has 1 aliphatic heterocycles. The van der Waals surface area contributed by atoms with E-state index in [-0.39, 0.29) is 12.3 Å². The molecule has 142 valence electrons. The molecule has 1 saturated heterocycles. The van der Waals surface area contributed by atoms with E-state index in [1.165, 1.54) is 12.1 Å². The zero-order valence-corrected chi connectivity index (χ0v) is 15.0. The zero-order valence-electron chi connectivity index (χ0n) is 15.0. The molecule has 0 radical (unpaired) electrons. The number of rotatable bonds is 7. The van der Waals surface area contributed by atoms with Crippen molar-refractivity contribution in [3.8, 4) is 11.5 Å².